The summed E-state index contributed by atoms with van der Waals surface area (Å²) < 4.78 is 4.40. The van der Waals surface area contributed by atoms with Crippen molar-refractivity contribution in [2.45, 2.75) is 12.5 Å². The molecule has 0 aliphatic rings. The van der Waals surface area contributed by atoms with Crippen LogP contribution in [0.15, 0.2) is 5.11 Å². The van der Waals surface area contributed by atoms with E-state index in [9.17, 15) is 9.59 Å². The molecule has 0 spiro atoms. The van der Waals surface area contributed by atoms with Crippen molar-refractivity contribution in [3.05, 3.63) is 10.4 Å². The molecule has 0 unspecified atom stereocenters. The van der Waals surface area contributed by atoms with Crippen LogP contribution < -0.4 is 5.32 Å². The van der Waals surface area contributed by atoms with Crippen molar-refractivity contribution in [2.24, 2.45) is 5.11 Å². The molecule has 0 aromatic heterocycles. The van der Waals surface area contributed by atoms with Crippen molar-refractivity contribution < 1.29 is 14.3 Å². The molecule has 0 aromatic carbocycles. The molecule has 0 aliphatic carbocycles. The van der Waals surface area contributed by atoms with E-state index in [2.05, 4.69) is 20.1 Å². The number of carbonyl (C=O) groups is 2. The first kappa shape index (κ1) is 11.2. The molecule has 0 saturated carbocycles. The summed E-state index contributed by atoms with van der Waals surface area (Å²) in [6.07, 6.45) is 0.632. The fourth-order valence-corrected chi connectivity index (χ4v) is 0.725. The Labute approximate surface area is 74.7 Å². The zero-order valence-electron chi connectivity index (χ0n) is 7.14. The molecule has 0 aromatic rings. The standard InChI is InChI=1S/C6H10N4O3/c1-13-6(12)5(8-4-11)2-3-9-10-7/h4-5H,2-3H2,1H3,(H,8,11)/t5-/m0/s1. The predicted molar refractivity (Wildman–Crippen MR) is 43.6 cm³/mol. The lowest BCUT2D eigenvalue weighted by Gasteiger charge is -2.11. The maximum atomic E-state index is 10.9. The van der Waals surface area contributed by atoms with Gasteiger partial charge in [0.15, 0.2) is 0 Å². The predicted octanol–water partition coefficient (Wildman–Crippen LogP) is -0.0256. The van der Waals surface area contributed by atoms with Gasteiger partial charge < -0.3 is 10.1 Å². The fraction of sp³-hybridized carbons (Fsp3) is 0.667. The third-order valence-corrected chi connectivity index (χ3v) is 1.34. The fourth-order valence-electron chi connectivity index (χ4n) is 0.725. The minimum Gasteiger partial charge on any atom is -0.467 e. The number of nitrogens with one attached hydrogen (secondary N) is 1. The van der Waals surface area contributed by atoms with Crippen molar-refractivity contribution in [2.75, 3.05) is 13.7 Å². The van der Waals surface area contributed by atoms with E-state index < -0.39 is 12.0 Å². The van der Waals surface area contributed by atoms with Gasteiger partial charge in [-0.3, -0.25) is 4.79 Å². The van der Waals surface area contributed by atoms with E-state index in [4.69, 9.17) is 5.53 Å². The molecule has 0 fully saturated rings. The van der Waals surface area contributed by atoms with Crippen molar-refractivity contribution in [3.8, 4) is 0 Å². The van der Waals surface area contributed by atoms with Gasteiger partial charge in [0, 0.05) is 11.5 Å². The first-order chi connectivity index (χ1) is 6.26. The summed E-state index contributed by atoms with van der Waals surface area (Å²) in [5, 5.41) is 5.48. The van der Waals surface area contributed by atoms with E-state index in [1.165, 1.54) is 7.11 Å². The lowest BCUT2D eigenvalue weighted by Crippen LogP contribution is -2.37. The van der Waals surface area contributed by atoms with Crippen molar-refractivity contribution in [1.29, 1.82) is 0 Å². The number of rotatable bonds is 6. The van der Waals surface area contributed by atoms with Crippen molar-refractivity contribution >= 4 is 12.4 Å². The average Bonchev–Trinajstić information content (AvgIpc) is 2.16. The summed E-state index contributed by atoms with van der Waals surface area (Å²) in [4.78, 5) is 23.5. The van der Waals surface area contributed by atoms with Crippen molar-refractivity contribution in [1.82, 2.24) is 5.32 Å². The Morgan fingerprint density at radius 2 is 2.54 bits per heavy atom. The molecule has 1 N–H and O–H groups in total. The lowest BCUT2D eigenvalue weighted by atomic mass is 10.2. The molecule has 0 bridgehead atoms. The van der Waals surface area contributed by atoms with E-state index in [1.807, 2.05) is 0 Å². The molecular weight excluding hydrogens is 176 g/mol. The Hall–Kier alpha value is -1.75. The summed E-state index contributed by atoms with van der Waals surface area (Å²) in [5.74, 6) is -0.555. The topological polar surface area (TPSA) is 104 Å². The van der Waals surface area contributed by atoms with Gasteiger partial charge in [-0.15, -0.1) is 0 Å². The number of ether oxygens (including phenoxy) is 1. The third-order valence-electron chi connectivity index (χ3n) is 1.34. The van der Waals surface area contributed by atoms with Crippen LogP contribution in [0.3, 0.4) is 0 Å². The second-order valence-electron chi connectivity index (χ2n) is 2.10. The highest BCUT2D eigenvalue weighted by atomic mass is 16.5. The SMILES string of the molecule is COC(=O)[C@H](CCN=[N+]=[N-])NC=O. The molecule has 1 atom stereocenters. The molecule has 1 amide bonds. The average molecular weight is 186 g/mol. The summed E-state index contributed by atoms with van der Waals surface area (Å²) in [7, 11) is 1.22. The number of hydrogen-bond acceptors (Lipinski definition) is 4. The first-order valence-electron chi connectivity index (χ1n) is 3.54. The molecule has 13 heavy (non-hydrogen) atoms. The van der Waals surface area contributed by atoms with E-state index in [-0.39, 0.29) is 13.0 Å². The summed E-state index contributed by atoms with van der Waals surface area (Å²) in [5.41, 5.74) is 7.96. The quantitative estimate of drug-likeness (QED) is 0.207. The Morgan fingerprint density at radius 1 is 1.85 bits per heavy atom. The third kappa shape index (κ3) is 4.65. The van der Waals surface area contributed by atoms with Crippen LogP contribution in [0.4, 0.5) is 0 Å². The van der Waals surface area contributed by atoms with Crippen LogP contribution >= 0.6 is 0 Å². The van der Waals surface area contributed by atoms with Gasteiger partial charge in [0.25, 0.3) is 0 Å². The van der Waals surface area contributed by atoms with E-state index >= 15 is 0 Å². The Balaban J connectivity index is 4.00. The van der Waals surface area contributed by atoms with Gasteiger partial charge >= 0.3 is 5.97 Å². The number of nitrogens with zero attached hydrogens (tertiary/aromatic N) is 3. The van der Waals surface area contributed by atoms with E-state index in [0.29, 0.717) is 6.41 Å². The number of azide groups is 1. The minimum absolute atomic E-state index is 0.136. The maximum Gasteiger partial charge on any atom is 0.328 e. The molecule has 72 valence electrons. The van der Waals surface area contributed by atoms with Gasteiger partial charge in [-0.25, -0.2) is 4.79 Å². The van der Waals surface area contributed by atoms with Crippen LogP contribution in [-0.2, 0) is 14.3 Å². The second-order valence-corrected chi connectivity index (χ2v) is 2.10. The maximum absolute atomic E-state index is 10.9. The van der Waals surface area contributed by atoms with Crippen LogP contribution in [0.1, 0.15) is 6.42 Å². The molecule has 0 saturated heterocycles. The number of hydrogen-bond donors (Lipinski definition) is 1. The molecular formula is C6H10N4O3. The van der Waals surface area contributed by atoms with Crippen LogP contribution in [0, 0.1) is 0 Å². The number of carbonyl (C=O) groups excluding carboxylic acids is 2. The highest BCUT2D eigenvalue weighted by Gasteiger charge is 2.16. The van der Waals surface area contributed by atoms with Gasteiger partial charge in [0.2, 0.25) is 6.41 Å². The Bertz CT molecular complexity index is 224. The normalized spacial score (nSPS) is 10.8. The summed E-state index contributed by atoms with van der Waals surface area (Å²) in [6.45, 7) is 0.136. The number of methoxy groups -OCH3 is 1. The van der Waals surface area contributed by atoms with Gasteiger partial charge in [-0.2, -0.15) is 0 Å². The monoisotopic (exact) mass is 186 g/mol. The Morgan fingerprint density at radius 3 is 3.00 bits per heavy atom. The highest BCUT2D eigenvalue weighted by molar-refractivity contribution is 5.77. The first-order valence-corrected chi connectivity index (χ1v) is 3.54. The smallest absolute Gasteiger partial charge is 0.328 e. The summed E-state index contributed by atoms with van der Waals surface area (Å²) in [6, 6.07) is -0.743. The van der Waals surface area contributed by atoms with Crippen LogP contribution in [-0.4, -0.2) is 32.1 Å². The molecule has 7 nitrogen and oxygen atoms in total. The van der Waals surface area contributed by atoms with E-state index in [1.54, 1.807) is 0 Å². The largest absolute Gasteiger partial charge is 0.467 e. The molecule has 0 heterocycles. The second kappa shape index (κ2) is 6.93. The van der Waals surface area contributed by atoms with Gasteiger partial charge in [-0.05, 0) is 12.0 Å². The highest BCUT2D eigenvalue weighted by Crippen LogP contribution is 1.94. The van der Waals surface area contributed by atoms with Gasteiger partial charge in [-0.1, -0.05) is 5.11 Å². The minimum atomic E-state index is -0.743. The molecule has 7 heteroatoms. The zero-order valence-corrected chi connectivity index (χ0v) is 7.14. The molecule has 0 radical (unpaired) electrons. The van der Waals surface area contributed by atoms with Crippen LogP contribution in [0.2, 0.25) is 0 Å². The van der Waals surface area contributed by atoms with Crippen LogP contribution in [0.25, 0.3) is 10.4 Å². The van der Waals surface area contributed by atoms with Gasteiger partial charge in [0.05, 0.1) is 7.11 Å². The molecule has 0 rings (SSSR count). The zero-order chi connectivity index (χ0) is 10.1. The summed E-state index contributed by atoms with van der Waals surface area (Å²) >= 11 is 0. The lowest BCUT2D eigenvalue weighted by molar-refractivity contribution is -0.144. The number of amides is 1. The van der Waals surface area contributed by atoms with Gasteiger partial charge in [0.1, 0.15) is 6.04 Å². The van der Waals surface area contributed by atoms with E-state index in [0.717, 1.165) is 0 Å². The van der Waals surface area contributed by atoms with Crippen LogP contribution in [0.5, 0.6) is 0 Å². The molecule has 0 aliphatic heterocycles. The Kier molecular flexibility index (Phi) is 6.00. The van der Waals surface area contributed by atoms with Crippen molar-refractivity contribution in [3.63, 3.8) is 0 Å². The number of esters is 1.